The lowest BCUT2D eigenvalue weighted by atomic mass is 9.95. The fraction of sp³-hybridized carbons (Fsp3) is 0.375. The van der Waals surface area contributed by atoms with Crippen LogP contribution in [0.25, 0.3) is 0 Å². The quantitative estimate of drug-likeness (QED) is 0.826. The molecule has 0 aromatic heterocycles. The van der Waals surface area contributed by atoms with E-state index in [1.54, 1.807) is 39.8 Å². The van der Waals surface area contributed by atoms with E-state index < -0.39 is 29.5 Å². The summed E-state index contributed by atoms with van der Waals surface area (Å²) in [5, 5.41) is 5.09. The highest BCUT2D eigenvalue weighted by atomic mass is 19.1. The zero-order valence-corrected chi connectivity index (χ0v) is 13.0. The van der Waals surface area contributed by atoms with Gasteiger partial charge >= 0.3 is 12.0 Å². The van der Waals surface area contributed by atoms with Gasteiger partial charge in [0, 0.05) is 11.3 Å². The van der Waals surface area contributed by atoms with Crippen LogP contribution in [0.4, 0.5) is 9.18 Å². The lowest BCUT2D eigenvalue weighted by Gasteiger charge is -2.30. The highest BCUT2D eigenvalue weighted by Gasteiger charge is 2.35. The molecule has 0 radical (unpaired) electrons. The molecule has 2 rings (SSSR count). The summed E-state index contributed by atoms with van der Waals surface area (Å²) in [6.07, 6.45) is 0. The van der Waals surface area contributed by atoms with Crippen molar-refractivity contribution in [2.24, 2.45) is 0 Å². The van der Waals surface area contributed by atoms with Gasteiger partial charge in [-0.05, 0) is 33.8 Å². The minimum Gasteiger partial charge on any atom is -0.456 e. The molecule has 1 heterocycles. The monoisotopic (exact) mass is 306 g/mol. The molecule has 2 N–H and O–H groups in total. The van der Waals surface area contributed by atoms with E-state index in [1.165, 1.54) is 12.1 Å². The molecule has 0 saturated heterocycles. The first-order valence-electron chi connectivity index (χ1n) is 6.95. The maximum atomic E-state index is 14.1. The number of halogens is 1. The third-order valence-electron chi connectivity index (χ3n) is 3.10. The Morgan fingerprint density at radius 2 is 1.91 bits per heavy atom. The maximum Gasteiger partial charge on any atom is 0.338 e. The molecule has 118 valence electrons. The first-order valence-corrected chi connectivity index (χ1v) is 6.95. The van der Waals surface area contributed by atoms with Crippen molar-refractivity contribution in [2.75, 3.05) is 0 Å². The maximum absolute atomic E-state index is 14.1. The number of esters is 1. The summed E-state index contributed by atoms with van der Waals surface area (Å²) in [7, 11) is 0. The van der Waals surface area contributed by atoms with E-state index in [9.17, 15) is 14.0 Å². The molecule has 1 aromatic carbocycles. The molecule has 1 atom stereocenters. The molecule has 0 unspecified atom stereocenters. The van der Waals surface area contributed by atoms with Gasteiger partial charge in [0.15, 0.2) is 0 Å². The molecule has 0 aliphatic carbocycles. The fourth-order valence-electron chi connectivity index (χ4n) is 2.24. The number of urea groups is 1. The molecule has 2 amide bonds. The molecule has 0 spiro atoms. The van der Waals surface area contributed by atoms with E-state index in [0.29, 0.717) is 5.70 Å². The summed E-state index contributed by atoms with van der Waals surface area (Å²) in [5.74, 6) is -1.09. The van der Waals surface area contributed by atoms with Gasteiger partial charge < -0.3 is 15.4 Å². The molecule has 1 aliphatic rings. The van der Waals surface area contributed by atoms with Crippen molar-refractivity contribution >= 4 is 12.0 Å². The van der Waals surface area contributed by atoms with Crippen LogP contribution in [0.1, 0.15) is 39.3 Å². The molecule has 0 saturated carbocycles. The number of amides is 2. The van der Waals surface area contributed by atoms with Crippen LogP contribution in [0.2, 0.25) is 0 Å². The average molecular weight is 306 g/mol. The lowest BCUT2D eigenvalue weighted by molar-refractivity contribution is -0.150. The fourth-order valence-corrected chi connectivity index (χ4v) is 2.24. The van der Waals surface area contributed by atoms with Crippen LogP contribution in [0.15, 0.2) is 35.5 Å². The number of allylic oxidation sites excluding steroid dienone is 1. The molecule has 0 fully saturated rings. The largest absolute Gasteiger partial charge is 0.456 e. The van der Waals surface area contributed by atoms with Gasteiger partial charge in [-0.25, -0.2) is 14.0 Å². The molecule has 0 bridgehead atoms. The van der Waals surface area contributed by atoms with Gasteiger partial charge in [0.2, 0.25) is 0 Å². The first kappa shape index (κ1) is 16.0. The summed E-state index contributed by atoms with van der Waals surface area (Å²) in [4.78, 5) is 24.1. The second-order valence-corrected chi connectivity index (χ2v) is 6.09. The number of benzene rings is 1. The summed E-state index contributed by atoms with van der Waals surface area (Å²) in [6, 6.07) is 4.64. The van der Waals surface area contributed by atoms with Crippen LogP contribution in [0.3, 0.4) is 0 Å². The Bertz CT molecular complexity index is 647. The number of hydrogen-bond donors (Lipinski definition) is 2. The van der Waals surface area contributed by atoms with Crippen LogP contribution in [0, 0.1) is 5.82 Å². The van der Waals surface area contributed by atoms with Crippen molar-refractivity contribution in [3.63, 3.8) is 0 Å². The van der Waals surface area contributed by atoms with E-state index in [4.69, 9.17) is 4.74 Å². The van der Waals surface area contributed by atoms with Crippen molar-refractivity contribution in [2.45, 2.75) is 39.3 Å². The summed E-state index contributed by atoms with van der Waals surface area (Å²) in [5.41, 5.74) is 0.0782. The number of hydrogen-bond acceptors (Lipinski definition) is 3. The Kier molecular flexibility index (Phi) is 4.21. The van der Waals surface area contributed by atoms with Crippen LogP contribution >= 0.6 is 0 Å². The number of ether oxygens (including phenoxy) is 1. The van der Waals surface area contributed by atoms with Gasteiger partial charge in [0.1, 0.15) is 11.4 Å². The first-order chi connectivity index (χ1) is 10.2. The molecule has 6 heteroatoms. The van der Waals surface area contributed by atoms with Crippen LogP contribution < -0.4 is 10.6 Å². The topological polar surface area (TPSA) is 67.4 Å². The van der Waals surface area contributed by atoms with Crippen LogP contribution in [0.5, 0.6) is 0 Å². The van der Waals surface area contributed by atoms with Gasteiger partial charge in [0.25, 0.3) is 0 Å². The molecule has 1 aromatic rings. The highest BCUT2D eigenvalue weighted by molar-refractivity contribution is 5.95. The van der Waals surface area contributed by atoms with Crippen molar-refractivity contribution in [1.29, 1.82) is 0 Å². The van der Waals surface area contributed by atoms with E-state index in [-0.39, 0.29) is 11.1 Å². The summed E-state index contributed by atoms with van der Waals surface area (Å²) in [6.45, 7) is 6.82. The number of rotatable bonds is 2. The van der Waals surface area contributed by atoms with Crippen molar-refractivity contribution < 1.29 is 18.7 Å². The Morgan fingerprint density at radius 1 is 1.27 bits per heavy atom. The van der Waals surface area contributed by atoms with Crippen LogP contribution in [-0.2, 0) is 9.53 Å². The number of carbonyl (C=O) groups excluding carboxylic acids is 2. The average Bonchev–Trinajstić information content (AvgIpc) is 2.35. The van der Waals surface area contributed by atoms with Crippen molar-refractivity contribution in [3.05, 3.63) is 46.9 Å². The normalized spacial score (nSPS) is 18.6. The minimum absolute atomic E-state index is 0.194. The highest BCUT2D eigenvalue weighted by Crippen LogP contribution is 2.30. The predicted molar refractivity (Wildman–Crippen MR) is 79.4 cm³/mol. The van der Waals surface area contributed by atoms with Gasteiger partial charge in [-0.15, -0.1) is 0 Å². The van der Waals surface area contributed by atoms with Crippen molar-refractivity contribution in [1.82, 2.24) is 10.6 Å². The second kappa shape index (κ2) is 5.79. The lowest BCUT2D eigenvalue weighted by Crippen LogP contribution is -2.46. The third-order valence-corrected chi connectivity index (χ3v) is 3.10. The van der Waals surface area contributed by atoms with Crippen molar-refractivity contribution in [3.8, 4) is 0 Å². The van der Waals surface area contributed by atoms with Gasteiger partial charge in [-0.3, -0.25) is 0 Å². The Hall–Kier alpha value is -2.37. The van der Waals surface area contributed by atoms with Crippen LogP contribution in [-0.4, -0.2) is 17.6 Å². The van der Waals surface area contributed by atoms with E-state index in [2.05, 4.69) is 10.6 Å². The van der Waals surface area contributed by atoms with Gasteiger partial charge in [-0.2, -0.15) is 0 Å². The summed E-state index contributed by atoms with van der Waals surface area (Å²) < 4.78 is 19.4. The van der Waals surface area contributed by atoms with E-state index in [0.717, 1.165) is 0 Å². The Morgan fingerprint density at radius 3 is 2.50 bits per heavy atom. The molecule has 22 heavy (non-hydrogen) atoms. The smallest absolute Gasteiger partial charge is 0.338 e. The predicted octanol–water partition coefficient (Wildman–Crippen LogP) is 2.80. The molecular formula is C16H19FN2O3. The van der Waals surface area contributed by atoms with Gasteiger partial charge in [0.05, 0.1) is 11.6 Å². The SMILES string of the molecule is CC1=C(C(=O)OC(C)(C)C)[C@@H](c2ccccc2F)NC(=O)N1. The standard InChI is InChI=1S/C16H19FN2O3/c1-9-12(14(20)22-16(2,3)4)13(19-15(21)18-9)10-7-5-6-8-11(10)17/h5-8,13H,1-4H3,(H2,18,19,21)/t13-/m1/s1. The molecule has 5 nitrogen and oxygen atoms in total. The Labute approximate surface area is 128 Å². The van der Waals surface area contributed by atoms with E-state index >= 15 is 0 Å². The Balaban J connectivity index is 2.46. The second-order valence-electron chi connectivity index (χ2n) is 6.09. The number of nitrogens with one attached hydrogen (secondary N) is 2. The van der Waals surface area contributed by atoms with Gasteiger partial charge in [-0.1, -0.05) is 18.2 Å². The molecular weight excluding hydrogens is 287 g/mol. The molecule has 1 aliphatic heterocycles. The zero-order valence-electron chi connectivity index (χ0n) is 13.0. The summed E-state index contributed by atoms with van der Waals surface area (Å²) >= 11 is 0. The minimum atomic E-state index is -0.884. The van der Waals surface area contributed by atoms with E-state index in [1.807, 2.05) is 0 Å². The third kappa shape index (κ3) is 3.44. The zero-order chi connectivity index (χ0) is 16.5. The number of carbonyl (C=O) groups is 2.